The highest BCUT2D eigenvalue weighted by atomic mass is 32.2. The van der Waals surface area contributed by atoms with Gasteiger partial charge in [0.1, 0.15) is 6.04 Å². The molecule has 1 saturated heterocycles. The predicted octanol–water partition coefficient (Wildman–Crippen LogP) is 1.52. The number of hydrogen-bond donors (Lipinski definition) is 1. The van der Waals surface area contributed by atoms with Crippen LogP contribution in [0.3, 0.4) is 0 Å². The second kappa shape index (κ2) is 5.95. The summed E-state index contributed by atoms with van der Waals surface area (Å²) in [5, 5.41) is 9.20. The minimum Gasteiger partial charge on any atom is -0.480 e. The SMILES string of the molecule is CC(=O)c1cccc(S(=O)(=O)N2CCCC[C@H]2C(=O)O)c1. The maximum absolute atomic E-state index is 12.6. The number of piperidine rings is 1. The highest BCUT2D eigenvalue weighted by Crippen LogP contribution is 2.26. The van der Waals surface area contributed by atoms with Crippen molar-refractivity contribution in [1.82, 2.24) is 4.31 Å². The number of benzene rings is 1. The Balaban J connectivity index is 2.43. The molecule has 1 fully saturated rings. The van der Waals surface area contributed by atoms with Gasteiger partial charge in [0.2, 0.25) is 10.0 Å². The van der Waals surface area contributed by atoms with Gasteiger partial charge in [-0.3, -0.25) is 9.59 Å². The van der Waals surface area contributed by atoms with Crippen LogP contribution in [0.4, 0.5) is 0 Å². The largest absolute Gasteiger partial charge is 0.480 e. The Morgan fingerprint density at radius 1 is 1.29 bits per heavy atom. The zero-order valence-electron chi connectivity index (χ0n) is 11.7. The molecule has 0 aromatic heterocycles. The van der Waals surface area contributed by atoms with Gasteiger partial charge in [-0.2, -0.15) is 4.31 Å². The van der Waals surface area contributed by atoms with Crippen LogP contribution in [-0.2, 0) is 14.8 Å². The van der Waals surface area contributed by atoms with E-state index in [-0.39, 0.29) is 17.2 Å². The summed E-state index contributed by atoms with van der Waals surface area (Å²) >= 11 is 0. The van der Waals surface area contributed by atoms with E-state index in [1.807, 2.05) is 0 Å². The van der Waals surface area contributed by atoms with Crippen LogP contribution in [0.5, 0.6) is 0 Å². The van der Waals surface area contributed by atoms with E-state index in [0.717, 1.165) is 4.31 Å². The van der Waals surface area contributed by atoms with E-state index >= 15 is 0 Å². The number of carbonyl (C=O) groups is 2. The Morgan fingerprint density at radius 2 is 2.00 bits per heavy atom. The van der Waals surface area contributed by atoms with E-state index in [2.05, 4.69) is 0 Å². The summed E-state index contributed by atoms with van der Waals surface area (Å²) in [6.45, 7) is 1.54. The Labute approximate surface area is 123 Å². The average Bonchev–Trinajstić information content (AvgIpc) is 2.47. The van der Waals surface area contributed by atoms with Gasteiger partial charge in [-0.1, -0.05) is 12.1 Å². The number of carboxylic acids is 1. The number of nitrogens with zero attached hydrogens (tertiary/aromatic N) is 1. The molecule has 1 aromatic carbocycles. The highest BCUT2D eigenvalue weighted by molar-refractivity contribution is 7.89. The van der Waals surface area contributed by atoms with Crippen LogP contribution in [0.25, 0.3) is 0 Å². The summed E-state index contributed by atoms with van der Waals surface area (Å²) in [5.74, 6) is -1.37. The first kappa shape index (κ1) is 15.7. The van der Waals surface area contributed by atoms with Gasteiger partial charge in [-0.25, -0.2) is 8.42 Å². The van der Waals surface area contributed by atoms with E-state index in [1.165, 1.54) is 31.2 Å². The van der Waals surface area contributed by atoms with Gasteiger partial charge in [-0.05, 0) is 38.3 Å². The van der Waals surface area contributed by atoms with Crippen molar-refractivity contribution in [3.05, 3.63) is 29.8 Å². The van der Waals surface area contributed by atoms with Gasteiger partial charge in [0.15, 0.2) is 5.78 Å². The van der Waals surface area contributed by atoms with Gasteiger partial charge in [-0.15, -0.1) is 0 Å². The first-order valence-corrected chi connectivity index (χ1v) is 8.13. The molecule has 0 saturated carbocycles. The van der Waals surface area contributed by atoms with Crippen LogP contribution in [0.15, 0.2) is 29.2 Å². The molecule has 0 unspecified atom stereocenters. The lowest BCUT2D eigenvalue weighted by Gasteiger charge is -2.31. The molecule has 21 heavy (non-hydrogen) atoms. The van der Waals surface area contributed by atoms with Gasteiger partial charge in [0.25, 0.3) is 0 Å². The van der Waals surface area contributed by atoms with Gasteiger partial charge >= 0.3 is 5.97 Å². The number of aliphatic carboxylic acids is 1. The smallest absolute Gasteiger partial charge is 0.322 e. The molecule has 0 aliphatic carbocycles. The summed E-state index contributed by atoms with van der Waals surface area (Å²) < 4.78 is 26.3. The molecule has 1 aliphatic heterocycles. The molecule has 0 amide bonds. The number of sulfonamides is 1. The van der Waals surface area contributed by atoms with Crippen LogP contribution in [-0.4, -0.2) is 42.2 Å². The Morgan fingerprint density at radius 3 is 2.62 bits per heavy atom. The molecule has 1 aromatic rings. The lowest BCUT2D eigenvalue weighted by atomic mass is 10.1. The van der Waals surface area contributed by atoms with Crippen molar-refractivity contribution in [2.24, 2.45) is 0 Å². The third-order valence-corrected chi connectivity index (χ3v) is 5.49. The second-order valence-corrected chi connectivity index (χ2v) is 6.94. The number of rotatable bonds is 4. The van der Waals surface area contributed by atoms with E-state index in [1.54, 1.807) is 0 Å². The van der Waals surface area contributed by atoms with Crippen LogP contribution in [0.1, 0.15) is 36.5 Å². The van der Waals surface area contributed by atoms with Gasteiger partial charge in [0, 0.05) is 12.1 Å². The summed E-state index contributed by atoms with van der Waals surface area (Å²) in [6, 6.07) is 4.67. The van der Waals surface area contributed by atoms with E-state index < -0.39 is 22.0 Å². The standard InChI is InChI=1S/C14H17NO5S/c1-10(16)11-5-4-6-12(9-11)21(19,20)15-8-3-2-7-13(15)14(17)18/h4-6,9,13H,2-3,7-8H2,1H3,(H,17,18)/t13-/m0/s1. The fourth-order valence-electron chi connectivity index (χ4n) is 2.45. The number of Topliss-reactive ketones (excluding diaryl/α,β-unsaturated/α-hetero) is 1. The van der Waals surface area contributed by atoms with Gasteiger partial charge < -0.3 is 5.11 Å². The lowest BCUT2D eigenvalue weighted by molar-refractivity contribution is -0.142. The molecule has 1 heterocycles. The van der Waals surface area contributed by atoms with Crippen molar-refractivity contribution in [3.63, 3.8) is 0 Å². The zero-order chi connectivity index (χ0) is 15.6. The molecule has 0 bridgehead atoms. The maximum atomic E-state index is 12.6. The first-order chi connectivity index (χ1) is 9.84. The molecule has 1 N–H and O–H groups in total. The van der Waals surface area contributed by atoms with E-state index in [4.69, 9.17) is 0 Å². The minimum absolute atomic E-state index is 0.0386. The fourth-order valence-corrected chi connectivity index (χ4v) is 4.15. The fraction of sp³-hybridized carbons (Fsp3) is 0.429. The van der Waals surface area contributed by atoms with Crippen molar-refractivity contribution in [1.29, 1.82) is 0 Å². The molecule has 0 spiro atoms. The van der Waals surface area contributed by atoms with Crippen LogP contribution in [0.2, 0.25) is 0 Å². The van der Waals surface area contributed by atoms with Crippen molar-refractivity contribution in [2.75, 3.05) is 6.54 Å². The number of hydrogen-bond acceptors (Lipinski definition) is 4. The Kier molecular flexibility index (Phi) is 4.43. The number of ketones is 1. The lowest BCUT2D eigenvalue weighted by Crippen LogP contribution is -2.47. The molecule has 114 valence electrons. The topological polar surface area (TPSA) is 91.8 Å². The quantitative estimate of drug-likeness (QED) is 0.851. The Hall–Kier alpha value is -1.73. The molecule has 0 radical (unpaired) electrons. The second-order valence-electron chi connectivity index (χ2n) is 5.05. The van der Waals surface area contributed by atoms with Crippen molar-refractivity contribution in [2.45, 2.75) is 37.1 Å². The summed E-state index contributed by atoms with van der Waals surface area (Å²) in [7, 11) is -3.91. The van der Waals surface area contributed by atoms with Crippen LogP contribution >= 0.6 is 0 Å². The molecular weight excluding hydrogens is 294 g/mol. The molecule has 1 atom stereocenters. The highest BCUT2D eigenvalue weighted by Gasteiger charge is 2.37. The first-order valence-electron chi connectivity index (χ1n) is 6.69. The molecule has 2 rings (SSSR count). The summed E-state index contributed by atoms with van der Waals surface area (Å²) in [6.07, 6.45) is 1.63. The van der Waals surface area contributed by atoms with E-state index in [9.17, 15) is 23.1 Å². The monoisotopic (exact) mass is 311 g/mol. The third kappa shape index (κ3) is 3.14. The van der Waals surface area contributed by atoms with Crippen LogP contribution in [0, 0.1) is 0 Å². The normalized spacial score (nSPS) is 20.1. The zero-order valence-corrected chi connectivity index (χ0v) is 12.5. The van der Waals surface area contributed by atoms with Crippen molar-refractivity contribution in [3.8, 4) is 0 Å². The molecule has 7 heteroatoms. The van der Waals surface area contributed by atoms with Crippen LogP contribution < -0.4 is 0 Å². The maximum Gasteiger partial charge on any atom is 0.322 e. The van der Waals surface area contributed by atoms with Crippen molar-refractivity contribution >= 4 is 21.8 Å². The number of carboxylic acid groups (broad SMARTS) is 1. The molecule has 1 aliphatic rings. The van der Waals surface area contributed by atoms with Crippen molar-refractivity contribution < 1.29 is 23.1 Å². The average molecular weight is 311 g/mol. The molecular formula is C14H17NO5S. The minimum atomic E-state index is -3.91. The molecule has 6 nitrogen and oxygen atoms in total. The Bertz CT molecular complexity index is 668. The summed E-state index contributed by atoms with van der Waals surface area (Å²) in [4.78, 5) is 22.6. The number of carbonyl (C=O) groups excluding carboxylic acids is 1. The van der Waals surface area contributed by atoms with E-state index in [0.29, 0.717) is 24.8 Å². The summed E-state index contributed by atoms with van der Waals surface area (Å²) in [5.41, 5.74) is 0.292. The predicted molar refractivity (Wildman–Crippen MR) is 75.6 cm³/mol. The third-order valence-electron chi connectivity index (χ3n) is 3.59. The van der Waals surface area contributed by atoms with Gasteiger partial charge in [0.05, 0.1) is 4.90 Å².